The number of nitrogens with zero attached hydrogens (tertiary/aromatic N) is 2. The fourth-order valence-corrected chi connectivity index (χ4v) is 2.35. The molecule has 0 aromatic heterocycles. The van der Waals surface area contributed by atoms with Crippen LogP contribution in [-0.2, 0) is 0 Å². The summed E-state index contributed by atoms with van der Waals surface area (Å²) in [5, 5.41) is 6.27. The highest BCUT2D eigenvalue weighted by Gasteiger charge is 1.98. The van der Waals surface area contributed by atoms with Crippen LogP contribution in [0.5, 0.6) is 0 Å². The maximum absolute atomic E-state index is 4.35. The van der Waals surface area contributed by atoms with Crippen LogP contribution in [0, 0.1) is 0 Å². The van der Waals surface area contributed by atoms with E-state index >= 15 is 0 Å². The molecule has 2 N–H and O–H groups in total. The van der Waals surface area contributed by atoms with E-state index in [2.05, 4.69) is 20.6 Å². The van der Waals surface area contributed by atoms with Crippen molar-refractivity contribution < 1.29 is 0 Å². The third kappa shape index (κ3) is 5.18. The lowest BCUT2D eigenvalue weighted by molar-refractivity contribution is 1.18. The second kappa shape index (κ2) is 9.59. The number of aliphatic imine (C=N–C) groups is 2. The molecule has 0 atom stereocenters. The van der Waals surface area contributed by atoms with Crippen LogP contribution in [0.3, 0.4) is 0 Å². The molecule has 128 valence electrons. The number of hydrogen-bond donors (Lipinski definition) is 2. The van der Waals surface area contributed by atoms with Crippen LogP contribution in [-0.4, -0.2) is 12.4 Å². The van der Waals surface area contributed by atoms with E-state index in [9.17, 15) is 0 Å². The molecule has 4 heteroatoms. The molecule has 1 heterocycles. The summed E-state index contributed by atoms with van der Waals surface area (Å²) in [6, 6.07) is 20.2. The van der Waals surface area contributed by atoms with Gasteiger partial charge in [-0.05, 0) is 11.1 Å². The van der Waals surface area contributed by atoms with Crippen molar-refractivity contribution >= 4 is 23.6 Å². The first kappa shape index (κ1) is 17.2. The molecule has 3 rings (SSSR count). The Morgan fingerprint density at radius 3 is 1.38 bits per heavy atom. The Balaban J connectivity index is 1.82. The molecular formula is C22H20N4. The third-order valence-corrected chi connectivity index (χ3v) is 3.63. The lowest BCUT2D eigenvalue weighted by atomic mass is 10.1. The Kier molecular flexibility index (Phi) is 6.33. The summed E-state index contributed by atoms with van der Waals surface area (Å²) >= 11 is 0. The summed E-state index contributed by atoms with van der Waals surface area (Å²) in [7, 11) is 0. The van der Waals surface area contributed by atoms with Crippen LogP contribution in [0.1, 0.15) is 11.1 Å². The average molecular weight is 340 g/mol. The summed E-state index contributed by atoms with van der Waals surface area (Å²) in [4.78, 5) is 8.70. The number of allylic oxidation sites excluding steroid dienone is 2. The Bertz CT molecular complexity index is 797. The topological polar surface area (TPSA) is 48.8 Å². The Morgan fingerprint density at radius 1 is 0.538 bits per heavy atom. The van der Waals surface area contributed by atoms with Gasteiger partial charge in [0.2, 0.25) is 0 Å². The SMILES string of the molecule is C1=C(c2ccccc2)/C=N/C=C/N\C=C(c2ccccc2)/C=N/C=C/N\1. The van der Waals surface area contributed by atoms with E-state index in [1.807, 2.05) is 85.5 Å². The van der Waals surface area contributed by atoms with Gasteiger partial charge in [0.15, 0.2) is 0 Å². The molecule has 0 aliphatic carbocycles. The highest BCUT2D eigenvalue weighted by atomic mass is 14.8. The van der Waals surface area contributed by atoms with Crippen molar-refractivity contribution in [1.82, 2.24) is 10.6 Å². The van der Waals surface area contributed by atoms with Crippen molar-refractivity contribution in [3.63, 3.8) is 0 Å². The third-order valence-electron chi connectivity index (χ3n) is 3.63. The summed E-state index contributed by atoms with van der Waals surface area (Å²) in [5.41, 5.74) is 4.11. The second-order valence-corrected chi connectivity index (χ2v) is 5.45. The molecule has 0 amide bonds. The van der Waals surface area contributed by atoms with Crippen molar-refractivity contribution in [2.45, 2.75) is 0 Å². The largest absolute Gasteiger partial charge is 0.366 e. The van der Waals surface area contributed by atoms with Gasteiger partial charge in [-0.1, -0.05) is 60.7 Å². The zero-order chi connectivity index (χ0) is 17.9. The second-order valence-electron chi connectivity index (χ2n) is 5.45. The van der Waals surface area contributed by atoms with Crippen LogP contribution < -0.4 is 10.6 Å². The molecule has 0 unspecified atom stereocenters. The van der Waals surface area contributed by atoms with E-state index in [0.29, 0.717) is 0 Å². The molecule has 0 spiro atoms. The zero-order valence-corrected chi connectivity index (χ0v) is 14.3. The first-order valence-electron chi connectivity index (χ1n) is 8.33. The standard InChI is InChI=1S/C22H20N4/c1-3-7-19(8-4-1)21-15-23-11-13-25-17-22(18-26-14-12-24-16-21)20-9-5-2-6-10-20/h1-18,23,26H/b13-11+,14-12+,21-15+,22-18+,24-16+,25-17+. The first-order chi connectivity index (χ1) is 12.9. The fourth-order valence-electron chi connectivity index (χ4n) is 2.35. The lowest BCUT2D eigenvalue weighted by Gasteiger charge is -2.03. The van der Waals surface area contributed by atoms with Gasteiger partial charge in [0.05, 0.1) is 0 Å². The minimum absolute atomic E-state index is 0.974. The number of hydrogen-bond acceptors (Lipinski definition) is 4. The normalized spacial score (nSPS) is 23.5. The van der Waals surface area contributed by atoms with Gasteiger partial charge in [-0.3, -0.25) is 9.98 Å². The number of benzene rings is 2. The van der Waals surface area contributed by atoms with Crippen molar-refractivity contribution in [3.05, 3.63) is 109 Å². The molecular weight excluding hydrogens is 320 g/mol. The van der Waals surface area contributed by atoms with Gasteiger partial charge in [-0.25, -0.2) is 0 Å². The molecule has 4 nitrogen and oxygen atoms in total. The van der Waals surface area contributed by atoms with Crippen LogP contribution in [0.15, 0.2) is 108 Å². The molecule has 1 aliphatic heterocycles. The highest BCUT2D eigenvalue weighted by Crippen LogP contribution is 2.12. The van der Waals surface area contributed by atoms with Crippen molar-refractivity contribution in [2.75, 3.05) is 0 Å². The highest BCUT2D eigenvalue weighted by molar-refractivity contribution is 6.10. The zero-order valence-electron chi connectivity index (χ0n) is 14.3. The Hall–Kier alpha value is -3.66. The minimum atomic E-state index is 0.974. The van der Waals surface area contributed by atoms with Crippen molar-refractivity contribution in [1.29, 1.82) is 0 Å². The van der Waals surface area contributed by atoms with E-state index in [4.69, 9.17) is 0 Å². The molecule has 1 aliphatic rings. The van der Waals surface area contributed by atoms with E-state index in [-0.39, 0.29) is 0 Å². The quantitative estimate of drug-likeness (QED) is 0.854. The maximum atomic E-state index is 4.35. The summed E-state index contributed by atoms with van der Waals surface area (Å²) in [6.07, 6.45) is 14.4. The summed E-state index contributed by atoms with van der Waals surface area (Å²) in [6.45, 7) is 0. The molecule has 0 radical (unpaired) electrons. The summed E-state index contributed by atoms with van der Waals surface area (Å²) in [5.74, 6) is 0. The van der Waals surface area contributed by atoms with Gasteiger partial charge < -0.3 is 10.6 Å². The van der Waals surface area contributed by atoms with Gasteiger partial charge in [0, 0.05) is 60.8 Å². The van der Waals surface area contributed by atoms with Gasteiger partial charge in [0.1, 0.15) is 0 Å². The van der Waals surface area contributed by atoms with E-state index in [1.165, 1.54) is 0 Å². The van der Waals surface area contributed by atoms with E-state index in [1.54, 1.807) is 24.8 Å². The van der Waals surface area contributed by atoms with Crippen molar-refractivity contribution in [2.24, 2.45) is 9.98 Å². The predicted molar refractivity (Wildman–Crippen MR) is 110 cm³/mol. The molecule has 2 aromatic rings. The summed E-state index contributed by atoms with van der Waals surface area (Å²) < 4.78 is 0. The van der Waals surface area contributed by atoms with Gasteiger partial charge in [-0.2, -0.15) is 0 Å². The molecule has 0 saturated carbocycles. The Morgan fingerprint density at radius 2 is 0.962 bits per heavy atom. The fraction of sp³-hybridized carbons (Fsp3) is 0. The van der Waals surface area contributed by atoms with Crippen LogP contribution >= 0.6 is 0 Å². The molecule has 2 aromatic carbocycles. The lowest BCUT2D eigenvalue weighted by Crippen LogP contribution is -1.99. The Labute approximate surface area is 153 Å². The van der Waals surface area contributed by atoms with Gasteiger partial charge >= 0.3 is 0 Å². The molecule has 26 heavy (non-hydrogen) atoms. The van der Waals surface area contributed by atoms with Crippen LogP contribution in [0.2, 0.25) is 0 Å². The number of nitrogens with one attached hydrogen (secondary N) is 2. The smallest absolute Gasteiger partial charge is 0.0428 e. The van der Waals surface area contributed by atoms with Gasteiger partial charge in [-0.15, -0.1) is 0 Å². The molecule has 0 bridgehead atoms. The van der Waals surface area contributed by atoms with Crippen LogP contribution in [0.4, 0.5) is 0 Å². The minimum Gasteiger partial charge on any atom is -0.366 e. The van der Waals surface area contributed by atoms with E-state index < -0.39 is 0 Å². The maximum Gasteiger partial charge on any atom is 0.0428 e. The molecule has 0 saturated heterocycles. The predicted octanol–water partition coefficient (Wildman–Crippen LogP) is 4.35. The van der Waals surface area contributed by atoms with Crippen molar-refractivity contribution in [3.8, 4) is 0 Å². The average Bonchev–Trinajstić information content (AvgIpc) is 2.71. The molecule has 0 fully saturated rings. The monoisotopic (exact) mass is 340 g/mol. The first-order valence-corrected chi connectivity index (χ1v) is 8.33. The van der Waals surface area contributed by atoms with E-state index in [0.717, 1.165) is 22.3 Å². The van der Waals surface area contributed by atoms with Crippen LogP contribution in [0.25, 0.3) is 11.1 Å². The number of rotatable bonds is 2. The van der Waals surface area contributed by atoms with Gasteiger partial charge in [0.25, 0.3) is 0 Å².